The van der Waals surface area contributed by atoms with Crippen LogP contribution in [0.5, 0.6) is 0 Å². The first-order valence-corrected chi connectivity index (χ1v) is 7.70. The van der Waals surface area contributed by atoms with E-state index in [1.54, 1.807) is 0 Å². The van der Waals surface area contributed by atoms with Crippen molar-refractivity contribution in [2.75, 3.05) is 6.61 Å². The highest BCUT2D eigenvalue weighted by atomic mass is 16.5. The van der Waals surface area contributed by atoms with Gasteiger partial charge in [0.1, 0.15) is 0 Å². The van der Waals surface area contributed by atoms with Crippen LogP contribution in [0.15, 0.2) is 30.5 Å². The quantitative estimate of drug-likeness (QED) is 0.888. The van der Waals surface area contributed by atoms with Gasteiger partial charge in [-0.05, 0) is 37.8 Å². The molecule has 0 saturated carbocycles. The Morgan fingerprint density at radius 3 is 3.10 bits per heavy atom. The third-order valence-electron chi connectivity index (χ3n) is 4.25. The summed E-state index contributed by atoms with van der Waals surface area (Å²) in [6.45, 7) is 2.77. The Morgan fingerprint density at radius 2 is 2.29 bits per heavy atom. The molecule has 0 bridgehead atoms. The highest BCUT2D eigenvalue weighted by Crippen LogP contribution is 2.19. The standard InChI is InChI=1S/C17H22N2O2/c1-12-15(9-10-21-12)19-17(20)8-4-5-13-11-18-16-7-3-2-6-14(13)16/h2-3,6-7,11-12,15,18H,4-5,8-10H2,1H3,(H,19,20). The van der Waals surface area contributed by atoms with E-state index in [1.807, 2.05) is 19.1 Å². The summed E-state index contributed by atoms with van der Waals surface area (Å²) in [5.74, 6) is 0.136. The average Bonchev–Trinajstić information content (AvgIpc) is 3.07. The molecule has 21 heavy (non-hydrogen) atoms. The van der Waals surface area contributed by atoms with Crippen LogP contribution in [-0.4, -0.2) is 29.6 Å². The molecule has 4 heteroatoms. The summed E-state index contributed by atoms with van der Waals surface area (Å²) in [5.41, 5.74) is 2.45. The van der Waals surface area contributed by atoms with E-state index in [-0.39, 0.29) is 18.1 Å². The topological polar surface area (TPSA) is 54.1 Å². The molecule has 1 fully saturated rings. The van der Waals surface area contributed by atoms with Crippen LogP contribution < -0.4 is 5.32 Å². The Balaban J connectivity index is 1.48. The largest absolute Gasteiger partial charge is 0.376 e. The Bertz CT molecular complexity index is 620. The predicted molar refractivity (Wildman–Crippen MR) is 83.2 cm³/mol. The van der Waals surface area contributed by atoms with E-state index >= 15 is 0 Å². The molecule has 3 rings (SSSR count). The molecule has 112 valence electrons. The Kier molecular flexibility index (Phi) is 4.25. The van der Waals surface area contributed by atoms with Crippen molar-refractivity contribution in [3.63, 3.8) is 0 Å². The average molecular weight is 286 g/mol. The summed E-state index contributed by atoms with van der Waals surface area (Å²) >= 11 is 0. The van der Waals surface area contributed by atoms with Gasteiger partial charge in [-0.1, -0.05) is 18.2 Å². The van der Waals surface area contributed by atoms with E-state index in [0.29, 0.717) is 6.42 Å². The monoisotopic (exact) mass is 286 g/mol. The van der Waals surface area contributed by atoms with E-state index in [4.69, 9.17) is 4.74 Å². The van der Waals surface area contributed by atoms with Crippen LogP contribution in [0, 0.1) is 0 Å². The lowest BCUT2D eigenvalue weighted by Crippen LogP contribution is -2.39. The molecule has 1 saturated heterocycles. The molecule has 2 heterocycles. The third-order valence-corrected chi connectivity index (χ3v) is 4.25. The molecule has 0 aliphatic carbocycles. The van der Waals surface area contributed by atoms with Gasteiger partial charge in [-0.2, -0.15) is 0 Å². The number of aryl methyl sites for hydroxylation is 1. The maximum absolute atomic E-state index is 12.0. The van der Waals surface area contributed by atoms with Gasteiger partial charge in [0, 0.05) is 30.1 Å². The fourth-order valence-corrected chi connectivity index (χ4v) is 2.98. The third kappa shape index (κ3) is 3.27. The number of fused-ring (bicyclic) bond motifs is 1. The molecule has 4 nitrogen and oxygen atoms in total. The van der Waals surface area contributed by atoms with Crippen molar-refractivity contribution in [3.8, 4) is 0 Å². The zero-order chi connectivity index (χ0) is 14.7. The van der Waals surface area contributed by atoms with Crippen LogP contribution in [0.1, 0.15) is 31.7 Å². The van der Waals surface area contributed by atoms with E-state index in [1.165, 1.54) is 10.9 Å². The van der Waals surface area contributed by atoms with E-state index < -0.39 is 0 Å². The number of H-pyrrole nitrogens is 1. The van der Waals surface area contributed by atoms with Crippen LogP contribution in [0.3, 0.4) is 0 Å². The lowest BCUT2D eigenvalue weighted by atomic mass is 10.1. The molecule has 1 aliphatic heterocycles. The number of carbonyl (C=O) groups excluding carboxylic acids is 1. The van der Waals surface area contributed by atoms with Crippen molar-refractivity contribution < 1.29 is 9.53 Å². The molecule has 2 aromatic rings. The number of amides is 1. The van der Waals surface area contributed by atoms with Crippen molar-refractivity contribution in [3.05, 3.63) is 36.0 Å². The van der Waals surface area contributed by atoms with Crippen LogP contribution in [0.2, 0.25) is 0 Å². The first-order chi connectivity index (χ1) is 10.2. The minimum absolute atomic E-state index is 0.136. The highest BCUT2D eigenvalue weighted by Gasteiger charge is 2.25. The zero-order valence-electron chi connectivity index (χ0n) is 12.4. The second-order valence-corrected chi connectivity index (χ2v) is 5.75. The normalized spacial score (nSPS) is 21.8. The molecule has 2 atom stereocenters. The van der Waals surface area contributed by atoms with E-state index in [0.717, 1.165) is 31.4 Å². The first kappa shape index (κ1) is 14.1. The highest BCUT2D eigenvalue weighted by molar-refractivity contribution is 5.83. The summed E-state index contributed by atoms with van der Waals surface area (Å²) in [4.78, 5) is 15.2. The molecule has 2 unspecified atom stereocenters. The Labute approximate surface area is 124 Å². The van der Waals surface area contributed by atoms with E-state index in [2.05, 4.69) is 28.6 Å². The van der Waals surface area contributed by atoms with Gasteiger partial charge in [-0.15, -0.1) is 0 Å². The molecule has 0 spiro atoms. The summed E-state index contributed by atoms with van der Waals surface area (Å²) in [7, 11) is 0. The molecular weight excluding hydrogens is 264 g/mol. The number of aromatic amines is 1. The molecular formula is C17H22N2O2. The number of carbonyl (C=O) groups is 1. The van der Waals surface area contributed by atoms with Crippen LogP contribution >= 0.6 is 0 Å². The lowest BCUT2D eigenvalue weighted by Gasteiger charge is -2.15. The lowest BCUT2D eigenvalue weighted by molar-refractivity contribution is -0.122. The van der Waals surface area contributed by atoms with Crippen LogP contribution in [-0.2, 0) is 16.0 Å². The second kappa shape index (κ2) is 6.31. The van der Waals surface area contributed by atoms with Gasteiger partial charge in [-0.25, -0.2) is 0 Å². The fraction of sp³-hybridized carbons (Fsp3) is 0.471. The van der Waals surface area contributed by atoms with Gasteiger partial charge in [0.25, 0.3) is 0 Å². The predicted octanol–water partition coefficient (Wildman–Crippen LogP) is 2.78. The van der Waals surface area contributed by atoms with Crippen molar-refractivity contribution >= 4 is 16.8 Å². The van der Waals surface area contributed by atoms with Crippen molar-refractivity contribution in [1.82, 2.24) is 10.3 Å². The maximum atomic E-state index is 12.0. The smallest absolute Gasteiger partial charge is 0.220 e. The Hall–Kier alpha value is -1.81. The number of rotatable bonds is 5. The van der Waals surface area contributed by atoms with Crippen molar-refractivity contribution in [2.45, 2.75) is 44.8 Å². The van der Waals surface area contributed by atoms with Crippen molar-refractivity contribution in [1.29, 1.82) is 0 Å². The summed E-state index contributed by atoms with van der Waals surface area (Å²) in [5, 5.41) is 4.33. The molecule has 0 radical (unpaired) electrons. The number of benzene rings is 1. The number of ether oxygens (including phenoxy) is 1. The SMILES string of the molecule is CC1OCCC1NC(=O)CCCc1c[nH]c2ccccc12. The first-order valence-electron chi connectivity index (χ1n) is 7.70. The van der Waals surface area contributed by atoms with Gasteiger partial charge in [0.15, 0.2) is 0 Å². The second-order valence-electron chi connectivity index (χ2n) is 5.75. The van der Waals surface area contributed by atoms with Gasteiger partial charge >= 0.3 is 0 Å². The zero-order valence-corrected chi connectivity index (χ0v) is 12.4. The molecule has 1 aromatic heterocycles. The van der Waals surface area contributed by atoms with Gasteiger partial charge < -0.3 is 15.0 Å². The number of hydrogen-bond donors (Lipinski definition) is 2. The van der Waals surface area contributed by atoms with Gasteiger partial charge in [-0.3, -0.25) is 4.79 Å². The molecule has 1 aliphatic rings. The summed E-state index contributed by atoms with van der Waals surface area (Å²) in [6.07, 6.45) is 5.49. The summed E-state index contributed by atoms with van der Waals surface area (Å²) < 4.78 is 5.46. The molecule has 2 N–H and O–H groups in total. The number of hydrogen-bond acceptors (Lipinski definition) is 2. The van der Waals surface area contributed by atoms with Gasteiger partial charge in [0.05, 0.1) is 12.1 Å². The van der Waals surface area contributed by atoms with Crippen molar-refractivity contribution in [2.24, 2.45) is 0 Å². The Morgan fingerprint density at radius 1 is 1.43 bits per heavy atom. The number of para-hydroxylation sites is 1. The number of aromatic nitrogens is 1. The molecule has 1 amide bonds. The van der Waals surface area contributed by atoms with Gasteiger partial charge in [0.2, 0.25) is 5.91 Å². The maximum Gasteiger partial charge on any atom is 0.220 e. The fourth-order valence-electron chi connectivity index (χ4n) is 2.98. The number of nitrogens with one attached hydrogen (secondary N) is 2. The minimum Gasteiger partial charge on any atom is -0.376 e. The summed E-state index contributed by atoms with van der Waals surface area (Å²) in [6, 6.07) is 8.46. The molecule has 1 aromatic carbocycles. The minimum atomic E-state index is 0.136. The van der Waals surface area contributed by atoms with E-state index in [9.17, 15) is 4.79 Å². The van der Waals surface area contributed by atoms with Crippen LogP contribution in [0.4, 0.5) is 0 Å². The van der Waals surface area contributed by atoms with Crippen LogP contribution in [0.25, 0.3) is 10.9 Å².